The molecule has 0 rings (SSSR count). The molecule has 0 unspecified atom stereocenters. The molecule has 0 aromatic rings. The van der Waals surface area contributed by atoms with Crippen LogP contribution in [0.2, 0.25) is 0 Å². The zero-order valence-corrected chi connectivity index (χ0v) is 8.80. The molecule has 0 radical (unpaired) electrons. The lowest BCUT2D eigenvalue weighted by Gasteiger charge is -2.22. The Morgan fingerprint density at radius 3 is 1.00 bits per heavy atom. The predicted octanol–water partition coefficient (Wildman–Crippen LogP) is 1.44. The third-order valence-corrected chi connectivity index (χ3v) is 3.52. The summed E-state index contributed by atoms with van der Waals surface area (Å²) >= 11 is 0. The number of quaternary nitrogens is 1. The van der Waals surface area contributed by atoms with Crippen LogP contribution in [0.5, 0.6) is 0 Å². The Hall–Kier alpha value is -0.600. The molecule has 0 aromatic heterocycles. The second kappa shape index (κ2) is 4.34. The lowest BCUT2D eigenvalue weighted by atomic mass is 11.6. The van der Waals surface area contributed by atoms with Crippen molar-refractivity contribution >= 4 is 20.0 Å². The lowest BCUT2D eigenvalue weighted by molar-refractivity contribution is -0.0444. The van der Waals surface area contributed by atoms with Crippen molar-refractivity contribution in [2.24, 2.45) is 0 Å². The van der Waals surface area contributed by atoms with Gasteiger partial charge in [0.05, 0.1) is 0 Å². The van der Waals surface area contributed by atoms with Gasteiger partial charge in [0.2, 0.25) is 0 Å². The molecule has 16 heavy (non-hydrogen) atoms. The summed E-state index contributed by atoms with van der Waals surface area (Å²) in [7, 11) is -13.4. The van der Waals surface area contributed by atoms with E-state index in [1.807, 2.05) is 0 Å². The second-order valence-electron chi connectivity index (χ2n) is 1.92. The van der Waals surface area contributed by atoms with Crippen molar-refractivity contribution in [3.8, 4) is 0 Å². The summed E-state index contributed by atoms with van der Waals surface area (Å²) in [5, 5.41) is 0. The van der Waals surface area contributed by atoms with E-state index < -0.39 is 31.1 Å². The molecule has 0 aliphatic rings. The Bertz CT molecular complexity index is 388. The molecular formula is C2H4F6N2O4S2. The largest absolute Gasteiger partial charge is 0.480 e. The molecule has 6 nitrogen and oxygen atoms in total. The van der Waals surface area contributed by atoms with Crippen molar-refractivity contribution in [1.82, 2.24) is 6.15 Å². The Labute approximate surface area is 85.3 Å². The van der Waals surface area contributed by atoms with E-state index in [1.54, 1.807) is 0 Å². The van der Waals surface area contributed by atoms with E-state index in [-0.39, 0.29) is 6.15 Å². The highest BCUT2D eigenvalue weighted by atomic mass is 32.3. The fourth-order valence-electron chi connectivity index (χ4n) is 0.214. The molecule has 0 heterocycles. The Morgan fingerprint density at radius 2 is 0.875 bits per heavy atom. The summed E-state index contributed by atoms with van der Waals surface area (Å²) in [4.78, 5) is 0. The third-order valence-electron chi connectivity index (χ3n) is 0.781. The Balaban J connectivity index is 0. The lowest BCUT2D eigenvalue weighted by Crippen LogP contribution is -2.30. The van der Waals surface area contributed by atoms with Crippen LogP contribution in [0.1, 0.15) is 0 Å². The normalized spacial score (nSPS) is 14.4. The van der Waals surface area contributed by atoms with Gasteiger partial charge in [-0.15, -0.1) is 0 Å². The minimum atomic E-state index is -6.72. The number of halogens is 6. The number of alkyl halides is 6. The van der Waals surface area contributed by atoms with Gasteiger partial charge in [0.15, 0.2) is 20.0 Å². The van der Waals surface area contributed by atoms with Crippen molar-refractivity contribution in [3.63, 3.8) is 0 Å². The molecule has 0 aromatic carbocycles. The highest BCUT2D eigenvalue weighted by Crippen LogP contribution is 2.36. The number of hydrogen-bond acceptors (Lipinski definition) is 4. The summed E-state index contributed by atoms with van der Waals surface area (Å²) in [6.45, 7) is 0. The van der Waals surface area contributed by atoms with Gasteiger partial charge in [-0.25, -0.2) is 16.8 Å². The highest BCUT2D eigenvalue weighted by molar-refractivity contribution is 8.12. The molecule has 0 aliphatic heterocycles. The maximum atomic E-state index is 11.4. The number of sulfonamides is 2. The van der Waals surface area contributed by atoms with Crippen LogP contribution < -0.4 is 6.15 Å². The molecule has 14 heteroatoms. The number of nitrogens with zero attached hydrogens (tertiary/aromatic N) is 1. The van der Waals surface area contributed by atoms with Gasteiger partial charge in [-0.05, 0) is 0 Å². The topological polar surface area (TPSA) is 119 Å². The first-order chi connectivity index (χ1) is 6.21. The third kappa shape index (κ3) is 3.76. The van der Waals surface area contributed by atoms with E-state index in [1.165, 1.54) is 0 Å². The first kappa shape index (κ1) is 17.8. The number of hydrogen-bond donors (Lipinski definition) is 1. The van der Waals surface area contributed by atoms with Crippen LogP contribution in [0.25, 0.3) is 4.13 Å². The van der Waals surface area contributed by atoms with Crippen molar-refractivity contribution in [1.29, 1.82) is 0 Å². The summed E-state index contributed by atoms with van der Waals surface area (Å²) in [5.74, 6) is 0. The van der Waals surface area contributed by atoms with Crippen molar-refractivity contribution in [2.45, 2.75) is 11.0 Å². The molecule has 0 atom stereocenters. The van der Waals surface area contributed by atoms with Crippen LogP contribution in [0.15, 0.2) is 0 Å². The van der Waals surface area contributed by atoms with Crippen molar-refractivity contribution in [2.75, 3.05) is 0 Å². The van der Waals surface area contributed by atoms with Gasteiger partial charge >= 0.3 is 11.0 Å². The van der Waals surface area contributed by atoms with Crippen LogP contribution in [-0.2, 0) is 20.0 Å². The standard InChI is InChI=1S/C2F6NO4S2.H3N/c3-1(4,5)14(10,11)9-15(12,13)2(6,7)8;/h;1H3/q-1;/p+1. The monoisotopic (exact) mass is 298 g/mol. The summed E-state index contributed by atoms with van der Waals surface area (Å²) in [6, 6.07) is 0. The van der Waals surface area contributed by atoms with Gasteiger partial charge in [0, 0.05) is 0 Å². The zero-order valence-electron chi connectivity index (χ0n) is 7.16. The molecule has 0 fully saturated rings. The molecule has 0 aliphatic carbocycles. The Kier molecular flexibility index (Phi) is 4.83. The number of rotatable bonds is 2. The van der Waals surface area contributed by atoms with Crippen LogP contribution in [0.3, 0.4) is 0 Å². The summed E-state index contributed by atoms with van der Waals surface area (Å²) in [6.07, 6.45) is 0. The second-order valence-corrected chi connectivity index (χ2v) is 5.34. The van der Waals surface area contributed by atoms with Gasteiger partial charge in [-0.1, -0.05) is 0 Å². The van der Waals surface area contributed by atoms with Crippen molar-refractivity contribution in [3.05, 3.63) is 4.13 Å². The Morgan fingerprint density at radius 1 is 0.688 bits per heavy atom. The van der Waals surface area contributed by atoms with Gasteiger partial charge in [-0.2, -0.15) is 26.3 Å². The van der Waals surface area contributed by atoms with Crippen molar-refractivity contribution < 1.29 is 43.2 Å². The maximum Gasteiger partial charge on any atom is 0.480 e. The molecule has 0 saturated heterocycles. The first-order valence-electron chi connectivity index (χ1n) is 2.57. The van der Waals surface area contributed by atoms with Crippen LogP contribution in [-0.4, -0.2) is 27.9 Å². The van der Waals surface area contributed by atoms with Crippen LogP contribution >= 0.6 is 0 Å². The summed E-state index contributed by atoms with van der Waals surface area (Å²) < 4.78 is 109. The SMILES string of the molecule is O=S(=O)([N-]S(=O)(=O)C(F)(F)F)C(F)(F)F.[NH4+]. The molecule has 0 amide bonds. The van der Waals surface area contributed by atoms with Crippen LogP contribution in [0, 0.1) is 0 Å². The molecule has 0 spiro atoms. The molecule has 100 valence electrons. The highest BCUT2D eigenvalue weighted by Gasteiger charge is 2.46. The molecule has 0 saturated carbocycles. The minimum absolute atomic E-state index is 0. The van der Waals surface area contributed by atoms with E-state index in [9.17, 15) is 43.2 Å². The smallest absolute Gasteiger partial charge is 0.421 e. The maximum absolute atomic E-state index is 11.4. The van der Waals surface area contributed by atoms with Gasteiger partial charge in [0.1, 0.15) is 0 Å². The fourth-order valence-corrected chi connectivity index (χ4v) is 1.92. The van der Waals surface area contributed by atoms with Gasteiger partial charge < -0.3 is 10.3 Å². The van der Waals surface area contributed by atoms with E-state index in [2.05, 4.69) is 0 Å². The predicted molar refractivity (Wildman–Crippen MR) is 39.3 cm³/mol. The summed E-state index contributed by atoms with van der Waals surface area (Å²) in [5.41, 5.74) is -12.4. The van der Waals surface area contributed by atoms with E-state index >= 15 is 0 Å². The van der Waals surface area contributed by atoms with Gasteiger partial charge in [0.25, 0.3) is 0 Å². The van der Waals surface area contributed by atoms with E-state index in [4.69, 9.17) is 0 Å². The van der Waals surface area contributed by atoms with E-state index in [0.29, 0.717) is 0 Å². The zero-order chi connectivity index (χ0) is 12.7. The average Bonchev–Trinajstić information content (AvgIpc) is 1.77. The minimum Gasteiger partial charge on any atom is -0.421 e. The molecular weight excluding hydrogens is 294 g/mol. The first-order valence-corrected chi connectivity index (χ1v) is 5.45. The van der Waals surface area contributed by atoms with Crippen LogP contribution in [0.4, 0.5) is 26.3 Å². The molecule has 4 N–H and O–H groups in total. The molecule has 0 bridgehead atoms. The quantitative estimate of drug-likeness (QED) is 0.775. The van der Waals surface area contributed by atoms with Gasteiger partial charge in [-0.3, -0.25) is 0 Å². The average molecular weight is 298 g/mol. The fraction of sp³-hybridized carbons (Fsp3) is 1.00. The van der Waals surface area contributed by atoms with E-state index in [0.717, 1.165) is 4.13 Å².